The van der Waals surface area contributed by atoms with Gasteiger partial charge in [0.15, 0.2) is 0 Å². The minimum atomic E-state index is -0.269. The maximum atomic E-state index is 10.7. The summed E-state index contributed by atoms with van der Waals surface area (Å²) in [7, 11) is 1.62. The third-order valence-corrected chi connectivity index (χ3v) is 4.31. The molecule has 0 aromatic rings. The molecule has 0 aromatic heterocycles. The molecule has 2 saturated heterocycles. The quantitative estimate of drug-likeness (QED) is 0.539. The van der Waals surface area contributed by atoms with E-state index in [1.807, 2.05) is 0 Å². The molecule has 4 heteroatoms. The molecule has 2 rings (SSSR count). The van der Waals surface area contributed by atoms with Crippen molar-refractivity contribution in [3.05, 3.63) is 0 Å². The first-order valence-corrected chi connectivity index (χ1v) is 5.67. The van der Waals surface area contributed by atoms with Crippen LogP contribution in [-0.2, 0) is 4.79 Å². The maximum Gasteiger partial charge on any atom is 0.294 e. The highest BCUT2D eigenvalue weighted by Crippen LogP contribution is 2.54. The van der Waals surface area contributed by atoms with Crippen LogP contribution in [0.5, 0.6) is 0 Å². The maximum absolute atomic E-state index is 10.7. The Kier molecular flexibility index (Phi) is 2.47. The molecule has 0 amide bonds. The van der Waals surface area contributed by atoms with E-state index < -0.39 is 0 Å². The summed E-state index contributed by atoms with van der Waals surface area (Å²) < 4.78 is 0. The Hall–Kier alpha value is -0.345. The van der Waals surface area contributed by atoms with Gasteiger partial charge < -0.3 is 14.7 Å². The molecule has 3 atom stereocenters. The first-order valence-electron chi connectivity index (χ1n) is 5.67. The number of rotatable bonds is 2. The molecule has 15 heavy (non-hydrogen) atoms. The monoisotopic (exact) mass is 208 g/mol. The number of hydrogen-bond donors (Lipinski definition) is 1. The SMILES string of the molecule is CC(C)(C)C12CCC(C(O)C1)N2[B]C=O. The van der Waals surface area contributed by atoms with Crippen molar-refractivity contribution in [1.82, 2.24) is 4.81 Å². The van der Waals surface area contributed by atoms with E-state index in [-0.39, 0.29) is 23.1 Å². The van der Waals surface area contributed by atoms with E-state index in [2.05, 4.69) is 25.6 Å². The van der Waals surface area contributed by atoms with Crippen molar-refractivity contribution in [3.8, 4) is 0 Å². The number of carbonyl (C=O) groups is 1. The molecule has 3 nitrogen and oxygen atoms in total. The number of aliphatic hydroxyl groups is 1. The van der Waals surface area contributed by atoms with Gasteiger partial charge in [0, 0.05) is 11.6 Å². The van der Waals surface area contributed by atoms with Crippen molar-refractivity contribution < 1.29 is 9.90 Å². The molecule has 2 aliphatic rings. The minimum Gasteiger partial charge on any atom is -0.391 e. The molecule has 0 aromatic carbocycles. The van der Waals surface area contributed by atoms with Gasteiger partial charge in [0.2, 0.25) is 0 Å². The third-order valence-electron chi connectivity index (χ3n) is 4.31. The molecule has 2 aliphatic heterocycles. The van der Waals surface area contributed by atoms with Crippen LogP contribution in [0.4, 0.5) is 0 Å². The lowest BCUT2D eigenvalue weighted by Gasteiger charge is -2.45. The summed E-state index contributed by atoms with van der Waals surface area (Å²) in [5, 5.41) is 9.97. The Labute approximate surface area is 92.1 Å². The molecule has 2 heterocycles. The summed E-state index contributed by atoms with van der Waals surface area (Å²) in [6, 6.07) is 0.162. The van der Waals surface area contributed by atoms with Crippen LogP contribution in [0.2, 0.25) is 0 Å². The molecule has 0 saturated carbocycles. The predicted octanol–water partition coefficient (Wildman–Crippen LogP) is 0.810. The number of hydrogen-bond acceptors (Lipinski definition) is 3. The average Bonchev–Trinajstić information content (AvgIpc) is 2.58. The second-order valence-corrected chi connectivity index (χ2v) is 5.85. The van der Waals surface area contributed by atoms with Crippen LogP contribution in [0, 0.1) is 5.41 Å². The summed E-state index contributed by atoms with van der Waals surface area (Å²) in [5.41, 5.74) is 0.0801. The van der Waals surface area contributed by atoms with Crippen molar-refractivity contribution in [2.75, 3.05) is 0 Å². The Morgan fingerprint density at radius 2 is 2.20 bits per heavy atom. The van der Waals surface area contributed by atoms with Crippen LogP contribution >= 0.6 is 0 Å². The molecule has 0 spiro atoms. The normalized spacial score (nSPS) is 40.8. The zero-order valence-corrected chi connectivity index (χ0v) is 9.73. The topological polar surface area (TPSA) is 40.5 Å². The van der Waals surface area contributed by atoms with Gasteiger partial charge in [0.1, 0.15) is 0 Å². The lowest BCUT2D eigenvalue weighted by molar-refractivity contribution is 0.0850. The van der Waals surface area contributed by atoms with Crippen molar-refractivity contribution >= 4 is 13.6 Å². The van der Waals surface area contributed by atoms with Gasteiger partial charge in [-0.3, -0.25) is 0 Å². The van der Waals surface area contributed by atoms with Crippen molar-refractivity contribution in [1.29, 1.82) is 0 Å². The molecular weight excluding hydrogens is 189 g/mol. The molecule has 83 valence electrons. The fourth-order valence-corrected chi connectivity index (χ4v) is 3.43. The zero-order chi connectivity index (χ0) is 11.3. The van der Waals surface area contributed by atoms with Gasteiger partial charge in [-0.2, -0.15) is 0 Å². The van der Waals surface area contributed by atoms with Crippen LogP contribution in [-0.4, -0.2) is 41.2 Å². The van der Waals surface area contributed by atoms with Crippen molar-refractivity contribution in [3.63, 3.8) is 0 Å². The average molecular weight is 208 g/mol. The van der Waals surface area contributed by atoms with Gasteiger partial charge >= 0.3 is 0 Å². The Bertz CT molecular complexity index is 276. The number of aliphatic hydroxyl groups excluding tert-OH is 1. The molecule has 1 N–H and O–H groups in total. The Balaban J connectivity index is 2.33. The lowest BCUT2D eigenvalue weighted by atomic mass is 9.67. The van der Waals surface area contributed by atoms with Crippen LogP contribution in [0.25, 0.3) is 0 Å². The summed E-state index contributed by atoms with van der Waals surface area (Å²) >= 11 is 0. The number of fused-ring (bicyclic) bond motifs is 2. The third kappa shape index (κ3) is 1.38. The summed E-state index contributed by atoms with van der Waals surface area (Å²) in [6.45, 7) is 6.58. The van der Waals surface area contributed by atoms with E-state index in [0.29, 0.717) is 0 Å². The molecule has 2 bridgehead atoms. The molecule has 2 fully saturated rings. The van der Waals surface area contributed by atoms with E-state index in [9.17, 15) is 9.90 Å². The second kappa shape index (κ2) is 3.32. The van der Waals surface area contributed by atoms with E-state index >= 15 is 0 Å². The van der Waals surface area contributed by atoms with Crippen LogP contribution in [0.3, 0.4) is 0 Å². The fourth-order valence-electron chi connectivity index (χ4n) is 3.43. The lowest BCUT2D eigenvalue weighted by Crippen LogP contribution is -2.52. The summed E-state index contributed by atoms with van der Waals surface area (Å²) in [5.74, 6) is 0. The van der Waals surface area contributed by atoms with E-state index in [0.717, 1.165) is 25.4 Å². The second-order valence-electron chi connectivity index (χ2n) is 5.85. The van der Waals surface area contributed by atoms with Crippen molar-refractivity contribution in [2.45, 2.75) is 57.7 Å². The van der Waals surface area contributed by atoms with E-state index in [1.54, 1.807) is 7.41 Å². The summed E-state index contributed by atoms with van der Waals surface area (Å²) in [4.78, 5) is 12.8. The Morgan fingerprint density at radius 3 is 2.67 bits per heavy atom. The highest BCUT2D eigenvalue weighted by atomic mass is 16.3. The minimum absolute atomic E-state index is 0.0159. The van der Waals surface area contributed by atoms with Crippen LogP contribution in [0.1, 0.15) is 40.0 Å². The van der Waals surface area contributed by atoms with Gasteiger partial charge in [-0.1, -0.05) is 20.8 Å². The van der Waals surface area contributed by atoms with Gasteiger partial charge in [0.05, 0.1) is 12.3 Å². The Morgan fingerprint density at radius 1 is 1.53 bits per heavy atom. The molecule has 3 unspecified atom stereocenters. The molecule has 1 radical (unpaired) electrons. The molecular formula is C11H19BNO2. The highest BCUT2D eigenvalue weighted by molar-refractivity contribution is 6.64. The van der Waals surface area contributed by atoms with E-state index in [1.165, 1.54) is 0 Å². The van der Waals surface area contributed by atoms with Crippen LogP contribution in [0.15, 0.2) is 0 Å². The highest BCUT2D eigenvalue weighted by Gasteiger charge is 2.60. The first kappa shape index (κ1) is 11.1. The van der Waals surface area contributed by atoms with E-state index in [4.69, 9.17) is 0 Å². The van der Waals surface area contributed by atoms with Crippen molar-refractivity contribution in [2.24, 2.45) is 5.41 Å². The van der Waals surface area contributed by atoms with Gasteiger partial charge in [0.25, 0.3) is 7.41 Å². The van der Waals surface area contributed by atoms with Crippen LogP contribution < -0.4 is 0 Å². The number of nitrogens with zero attached hydrogens (tertiary/aromatic N) is 1. The first-order chi connectivity index (χ1) is 6.92. The predicted molar refractivity (Wildman–Crippen MR) is 60.2 cm³/mol. The van der Waals surface area contributed by atoms with Gasteiger partial charge in [-0.05, 0) is 24.7 Å². The zero-order valence-electron chi connectivity index (χ0n) is 9.73. The largest absolute Gasteiger partial charge is 0.391 e. The number of carbonyl (C=O) groups excluding carboxylic acids is 1. The summed E-state index contributed by atoms with van der Waals surface area (Å²) in [6.07, 6.45) is 3.46. The fraction of sp³-hybridized carbons (Fsp3) is 0.909. The smallest absolute Gasteiger partial charge is 0.294 e. The van der Waals surface area contributed by atoms with Gasteiger partial charge in [-0.15, -0.1) is 0 Å². The molecule has 0 aliphatic carbocycles. The standard InChI is InChI=1S/C11H19BNO2/c1-10(2,3)11-5-4-8(9(15)6-11)13(11)12-7-14/h7-9,15H,4-6H2,1-3H3. The van der Waals surface area contributed by atoms with Gasteiger partial charge in [-0.25, -0.2) is 0 Å².